The van der Waals surface area contributed by atoms with Crippen LogP contribution in [0.4, 0.5) is 5.69 Å². The molecule has 0 aliphatic rings. The van der Waals surface area contributed by atoms with Crippen molar-refractivity contribution in [3.63, 3.8) is 0 Å². The van der Waals surface area contributed by atoms with Gasteiger partial charge in [-0.25, -0.2) is 0 Å². The average Bonchev–Trinajstić information content (AvgIpc) is 2.26. The topological polar surface area (TPSA) is 119 Å². The van der Waals surface area contributed by atoms with Crippen LogP contribution in [0.15, 0.2) is 24.3 Å². The molecule has 0 saturated carbocycles. The van der Waals surface area contributed by atoms with E-state index in [1.54, 1.807) is 0 Å². The lowest BCUT2D eigenvalue weighted by molar-refractivity contribution is -0.384. The molecule has 0 unspecified atom stereocenters. The summed E-state index contributed by atoms with van der Waals surface area (Å²) in [6, 6.07) is 5.65. The van der Waals surface area contributed by atoms with Crippen LogP contribution in [-0.2, 0) is 16.1 Å². The standard InChI is InChI=1S/C10H11N3O4/c11-9(12)5-10(14)17-6-7-1-3-8(4-2-7)13(15)16/h1-4H,5-6H2,(H3,11,12). The van der Waals surface area contributed by atoms with Crippen LogP contribution in [-0.4, -0.2) is 16.7 Å². The molecule has 1 aromatic carbocycles. The maximum Gasteiger partial charge on any atom is 0.313 e. The summed E-state index contributed by atoms with van der Waals surface area (Å²) in [5.41, 5.74) is 5.63. The summed E-state index contributed by atoms with van der Waals surface area (Å²) in [4.78, 5) is 20.9. The van der Waals surface area contributed by atoms with Gasteiger partial charge >= 0.3 is 5.97 Å². The summed E-state index contributed by atoms with van der Waals surface area (Å²) in [6.07, 6.45) is -0.257. The molecule has 0 fully saturated rings. The lowest BCUT2D eigenvalue weighted by atomic mass is 10.2. The fourth-order valence-corrected chi connectivity index (χ4v) is 1.08. The Hall–Kier alpha value is -2.44. The zero-order chi connectivity index (χ0) is 12.8. The van der Waals surface area contributed by atoms with Gasteiger partial charge in [0.15, 0.2) is 0 Å². The average molecular weight is 237 g/mol. The van der Waals surface area contributed by atoms with Gasteiger partial charge < -0.3 is 10.5 Å². The zero-order valence-corrected chi connectivity index (χ0v) is 8.88. The molecule has 0 amide bonds. The largest absolute Gasteiger partial charge is 0.460 e. The summed E-state index contributed by atoms with van der Waals surface area (Å²) in [5, 5.41) is 17.3. The smallest absolute Gasteiger partial charge is 0.313 e. The molecule has 17 heavy (non-hydrogen) atoms. The second-order valence-corrected chi connectivity index (χ2v) is 3.29. The van der Waals surface area contributed by atoms with Crippen LogP contribution in [0, 0.1) is 15.5 Å². The van der Waals surface area contributed by atoms with Crippen molar-refractivity contribution in [1.82, 2.24) is 0 Å². The highest BCUT2D eigenvalue weighted by Gasteiger charge is 2.07. The minimum atomic E-state index is -0.601. The van der Waals surface area contributed by atoms with Gasteiger partial charge in [0, 0.05) is 12.1 Å². The van der Waals surface area contributed by atoms with Gasteiger partial charge in [0.1, 0.15) is 18.9 Å². The van der Waals surface area contributed by atoms with Crippen LogP contribution in [0.2, 0.25) is 0 Å². The molecule has 1 aromatic rings. The van der Waals surface area contributed by atoms with E-state index in [0.717, 1.165) is 0 Å². The van der Waals surface area contributed by atoms with E-state index in [-0.39, 0.29) is 24.6 Å². The van der Waals surface area contributed by atoms with E-state index in [0.29, 0.717) is 5.56 Å². The molecule has 7 heteroatoms. The predicted molar refractivity (Wildman–Crippen MR) is 59.4 cm³/mol. The number of hydrogen-bond donors (Lipinski definition) is 2. The number of rotatable bonds is 5. The van der Waals surface area contributed by atoms with E-state index in [9.17, 15) is 14.9 Å². The van der Waals surface area contributed by atoms with Crippen LogP contribution in [0.1, 0.15) is 12.0 Å². The Labute approximate surface area is 96.8 Å². The third kappa shape index (κ3) is 4.29. The molecular weight excluding hydrogens is 226 g/mol. The van der Waals surface area contributed by atoms with Crippen LogP contribution in [0.5, 0.6) is 0 Å². The minimum absolute atomic E-state index is 0.00408. The number of benzene rings is 1. The first-order chi connectivity index (χ1) is 7.99. The minimum Gasteiger partial charge on any atom is -0.460 e. The quantitative estimate of drug-likeness (QED) is 0.260. The molecule has 0 bridgehead atoms. The van der Waals surface area contributed by atoms with Gasteiger partial charge in [-0.15, -0.1) is 0 Å². The van der Waals surface area contributed by atoms with Crippen molar-refractivity contribution >= 4 is 17.5 Å². The number of ether oxygens (including phenoxy) is 1. The molecule has 1 rings (SSSR count). The molecule has 90 valence electrons. The number of amidine groups is 1. The summed E-state index contributed by atoms with van der Waals surface area (Å²) in [7, 11) is 0. The molecule has 0 aromatic heterocycles. The maximum atomic E-state index is 11.1. The molecule has 0 spiro atoms. The maximum absolute atomic E-state index is 11.1. The van der Waals surface area contributed by atoms with Crippen molar-refractivity contribution in [3.05, 3.63) is 39.9 Å². The molecule has 0 aliphatic heterocycles. The number of nitro groups is 1. The van der Waals surface area contributed by atoms with E-state index in [1.807, 2.05) is 0 Å². The van der Waals surface area contributed by atoms with Crippen LogP contribution >= 0.6 is 0 Å². The zero-order valence-electron chi connectivity index (χ0n) is 8.88. The monoisotopic (exact) mass is 237 g/mol. The Kier molecular flexibility index (Phi) is 4.15. The number of carbonyl (C=O) groups excluding carboxylic acids is 1. The molecule has 3 N–H and O–H groups in total. The normalized spacial score (nSPS) is 9.65. The molecular formula is C10H11N3O4. The fraction of sp³-hybridized carbons (Fsp3) is 0.200. The van der Waals surface area contributed by atoms with Gasteiger partial charge in [0.05, 0.1) is 4.92 Å². The van der Waals surface area contributed by atoms with Crippen LogP contribution in [0.3, 0.4) is 0 Å². The summed E-state index contributed by atoms with van der Waals surface area (Å²) >= 11 is 0. The number of nitro benzene ring substituents is 1. The Bertz CT molecular complexity index is 441. The van der Waals surface area contributed by atoms with Gasteiger partial charge in [-0.1, -0.05) is 0 Å². The third-order valence-corrected chi connectivity index (χ3v) is 1.88. The molecule has 0 aliphatic carbocycles. The van der Waals surface area contributed by atoms with Crippen molar-refractivity contribution in [2.24, 2.45) is 5.73 Å². The lowest BCUT2D eigenvalue weighted by Gasteiger charge is -2.03. The van der Waals surface area contributed by atoms with E-state index >= 15 is 0 Å². The summed E-state index contributed by atoms with van der Waals surface area (Å²) in [5.74, 6) is -0.866. The number of non-ortho nitro benzene ring substituents is 1. The second-order valence-electron chi connectivity index (χ2n) is 3.29. The van der Waals surface area contributed by atoms with Gasteiger partial charge in [-0.05, 0) is 17.7 Å². The third-order valence-electron chi connectivity index (χ3n) is 1.88. The van der Waals surface area contributed by atoms with Gasteiger partial charge in [-0.2, -0.15) is 0 Å². The first-order valence-electron chi connectivity index (χ1n) is 4.71. The first-order valence-corrected chi connectivity index (χ1v) is 4.71. The Balaban J connectivity index is 2.50. The highest BCUT2D eigenvalue weighted by Crippen LogP contribution is 2.12. The van der Waals surface area contributed by atoms with Crippen molar-refractivity contribution in [1.29, 1.82) is 5.41 Å². The number of hydrogen-bond acceptors (Lipinski definition) is 5. The van der Waals surface area contributed by atoms with Crippen LogP contribution in [0.25, 0.3) is 0 Å². The van der Waals surface area contributed by atoms with Gasteiger partial charge in [0.25, 0.3) is 5.69 Å². The summed E-state index contributed by atoms with van der Waals surface area (Å²) < 4.78 is 4.81. The predicted octanol–water partition coefficient (Wildman–Crippen LogP) is 0.964. The van der Waals surface area contributed by atoms with Gasteiger partial charge in [0.2, 0.25) is 0 Å². The van der Waals surface area contributed by atoms with Crippen molar-refractivity contribution in [2.75, 3.05) is 0 Å². The number of carbonyl (C=O) groups is 1. The Morgan fingerprint density at radius 2 is 2.00 bits per heavy atom. The highest BCUT2D eigenvalue weighted by atomic mass is 16.6. The number of nitrogens with zero attached hydrogens (tertiary/aromatic N) is 1. The molecule has 7 nitrogen and oxygen atoms in total. The van der Waals surface area contributed by atoms with Crippen LogP contribution < -0.4 is 5.73 Å². The Morgan fingerprint density at radius 3 is 2.47 bits per heavy atom. The highest BCUT2D eigenvalue weighted by molar-refractivity contribution is 5.94. The van der Waals surface area contributed by atoms with Crippen molar-refractivity contribution < 1.29 is 14.5 Å². The molecule has 0 heterocycles. The van der Waals surface area contributed by atoms with Gasteiger partial charge in [-0.3, -0.25) is 20.3 Å². The molecule has 0 atom stereocenters. The van der Waals surface area contributed by atoms with E-state index < -0.39 is 10.9 Å². The lowest BCUT2D eigenvalue weighted by Crippen LogP contribution is -2.17. The SMILES string of the molecule is N=C(N)CC(=O)OCc1ccc([N+](=O)[O-])cc1. The summed E-state index contributed by atoms with van der Waals surface area (Å²) in [6.45, 7) is 0.00408. The number of nitrogens with one attached hydrogen (secondary N) is 1. The van der Waals surface area contributed by atoms with Crippen molar-refractivity contribution in [2.45, 2.75) is 13.0 Å². The first kappa shape index (κ1) is 12.6. The molecule has 0 saturated heterocycles. The number of nitrogens with two attached hydrogens (primary N) is 1. The van der Waals surface area contributed by atoms with E-state index in [4.69, 9.17) is 15.9 Å². The van der Waals surface area contributed by atoms with E-state index in [2.05, 4.69) is 0 Å². The number of esters is 1. The fourth-order valence-electron chi connectivity index (χ4n) is 1.08. The van der Waals surface area contributed by atoms with E-state index in [1.165, 1.54) is 24.3 Å². The second kappa shape index (κ2) is 5.59. The Morgan fingerprint density at radius 1 is 1.41 bits per heavy atom. The molecule has 0 radical (unpaired) electrons. The van der Waals surface area contributed by atoms with Crippen molar-refractivity contribution in [3.8, 4) is 0 Å².